The van der Waals surface area contributed by atoms with E-state index in [-0.39, 0.29) is 18.8 Å². The van der Waals surface area contributed by atoms with Crippen LogP contribution in [0.4, 0.5) is 0 Å². The molecule has 3 nitrogen and oxygen atoms in total. The molecule has 0 fully saturated rings. The maximum Gasteiger partial charge on any atom is 0.121 e. The van der Waals surface area contributed by atoms with Gasteiger partial charge < -0.3 is 14.6 Å². The molecule has 12 heavy (non-hydrogen) atoms. The number of rotatable bonds is 7. The molecule has 0 aromatic heterocycles. The summed E-state index contributed by atoms with van der Waals surface area (Å²) in [7, 11) is 0. The molecule has 0 spiro atoms. The SMILES string of the molecule is C=COC(CC)COC(C)CO. The average Bonchev–Trinajstić information content (AvgIpc) is 2.11. The fraction of sp³-hybridized carbons (Fsp3) is 0.778. The van der Waals surface area contributed by atoms with Gasteiger partial charge in [-0.2, -0.15) is 0 Å². The van der Waals surface area contributed by atoms with Crippen molar-refractivity contribution in [3.8, 4) is 0 Å². The Morgan fingerprint density at radius 1 is 1.58 bits per heavy atom. The molecular weight excluding hydrogens is 156 g/mol. The van der Waals surface area contributed by atoms with Crippen molar-refractivity contribution in [1.29, 1.82) is 0 Å². The summed E-state index contributed by atoms with van der Waals surface area (Å²) in [5, 5.41) is 8.66. The van der Waals surface area contributed by atoms with Gasteiger partial charge in [-0.05, 0) is 13.3 Å². The van der Waals surface area contributed by atoms with E-state index >= 15 is 0 Å². The Bertz CT molecular complexity index is 114. The summed E-state index contributed by atoms with van der Waals surface area (Å²) >= 11 is 0. The summed E-state index contributed by atoms with van der Waals surface area (Å²) in [5.41, 5.74) is 0. The molecule has 2 unspecified atom stereocenters. The Hall–Kier alpha value is -0.540. The van der Waals surface area contributed by atoms with E-state index in [1.54, 1.807) is 0 Å². The third kappa shape index (κ3) is 5.16. The van der Waals surface area contributed by atoms with Crippen molar-refractivity contribution in [2.24, 2.45) is 0 Å². The standard InChI is InChI=1S/C9H18O3/c1-4-9(11-5-2)7-12-8(3)6-10/h5,8-10H,2,4,6-7H2,1,3H3. The highest BCUT2D eigenvalue weighted by atomic mass is 16.5. The monoisotopic (exact) mass is 174 g/mol. The van der Waals surface area contributed by atoms with Crippen molar-refractivity contribution in [2.45, 2.75) is 32.5 Å². The van der Waals surface area contributed by atoms with Gasteiger partial charge in [-0.15, -0.1) is 0 Å². The summed E-state index contributed by atoms with van der Waals surface area (Å²) in [5.74, 6) is 0. The van der Waals surface area contributed by atoms with Crippen LogP contribution in [0.5, 0.6) is 0 Å². The Morgan fingerprint density at radius 3 is 2.67 bits per heavy atom. The molecule has 0 rings (SSSR count). The second kappa shape index (κ2) is 7.13. The van der Waals surface area contributed by atoms with E-state index in [9.17, 15) is 0 Å². The molecule has 0 saturated heterocycles. The Morgan fingerprint density at radius 2 is 2.25 bits per heavy atom. The van der Waals surface area contributed by atoms with Crippen LogP contribution in [0, 0.1) is 0 Å². The van der Waals surface area contributed by atoms with Crippen LogP contribution in [0.25, 0.3) is 0 Å². The summed E-state index contributed by atoms with van der Waals surface area (Å²) in [6, 6.07) is 0. The van der Waals surface area contributed by atoms with E-state index < -0.39 is 0 Å². The number of aliphatic hydroxyl groups is 1. The zero-order chi connectivity index (χ0) is 9.40. The topological polar surface area (TPSA) is 38.7 Å². The fourth-order valence-corrected chi connectivity index (χ4v) is 0.714. The van der Waals surface area contributed by atoms with Gasteiger partial charge in [0.1, 0.15) is 6.10 Å². The largest absolute Gasteiger partial charge is 0.496 e. The molecular formula is C9H18O3. The second-order valence-electron chi connectivity index (χ2n) is 2.66. The molecule has 0 saturated carbocycles. The molecule has 0 amide bonds. The van der Waals surface area contributed by atoms with Crippen molar-refractivity contribution in [1.82, 2.24) is 0 Å². The van der Waals surface area contributed by atoms with Gasteiger partial charge in [0.05, 0.1) is 25.6 Å². The Kier molecular flexibility index (Phi) is 6.81. The third-order valence-corrected chi connectivity index (χ3v) is 1.57. The Balaban J connectivity index is 3.49. The molecule has 72 valence electrons. The lowest BCUT2D eigenvalue weighted by atomic mass is 10.3. The minimum absolute atomic E-state index is 0.0462. The van der Waals surface area contributed by atoms with Gasteiger partial charge >= 0.3 is 0 Å². The molecule has 0 bridgehead atoms. The second-order valence-corrected chi connectivity index (χ2v) is 2.66. The zero-order valence-corrected chi connectivity index (χ0v) is 7.82. The van der Waals surface area contributed by atoms with Gasteiger partial charge in [-0.3, -0.25) is 0 Å². The van der Waals surface area contributed by atoms with Crippen molar-refractivity contribution in [3.63, 3.8) is 0 Å². The first-order valence-corrected chi connectivity index (χ1v) is 4.23. The van der Waals surface area contributed by atoms with Crippen LogP contribution in [0.1, 0.15) is 20.3 Å². The highest BCUT2D eigenvalue weighted by Crippen LogP contribution is 2.01. The number of aliphatic hydroxyl groups excluding tert-OH is 1. The van der Waals surface area contributed by atoms with Gasteiger partial charge in [0.25, 0.3) is 0 Å². The van der Waals surface area contributed by atoms with Crippen molar-refractivity contribution in [2.75, 3.05) is 13.2 Å². The van der Waals surface area contributed by atoms with Crippen LogP contribution >= 0.6 is 0 Å². The quantitative estimate of drug-likeness (QED) is 0.592. The summed E-state index contributed by atoms with van der Waals surface area (Å²) < 4.78 is 10.4. The van der Waals surface area contributed by atoms with E-state index in [0.29, 0.717) is 6.61 Å². The van der Waals surface area contributed by atoms with Gasteiger partial charge in [0.15, 0.2) is 0 Å². The van der Waals surface area contributed by atoms with E-state index in [4.69, 9.17) is 14.6 Å². The fourth-order valence-electron chi connectivity index (χ4n) is 0.714. The highest BCUT2D eigenvalue weighted by Gasteiger charge is 2.07. The van der Waals surface area contributed by atoms with Crippen LogP contribution in [-0.4, -0.2) is 30.5 Å². The minimum atomic E-state index is -0.118. The van der Waals surface area contributed by atoms with Crippen LogP contribution in [0.15, 0.2) is 12.8 Å². The van der Waals surface area contributed by atoms with Crippen LogP contribution in [0.2, 0.25) is 0 Å². The van der Waals surface area contributed by atoms with Crippen molar-refractivity contribution in [3.05, 3.63) is 12.8 Å². The summed E-state index contributed by atoms with van der Waals surface area (Å²) in [4.78, 5) is 0. The van der Waals surface area contributed by atoms with Crippen LogP contribution in [-0.2, 0) is 9.47 Å². The third-order valence-electron chi connectivity index (χ3n) is 1.57. The van der Waals surface area contributed by atoms with Crippen molar-refractivity contribution < 1.29 is 14.6 Å². The van der Waals surface area contributed by atoms with Gasteiger partial charge in [0, 0.05) is 0 Å². The van der Waals surface area contributed by atoms with Crippen molar-refractivity contribution >= 4 is 0 Å². The molecule has 0 radical (unpaired) electrons. The molecule has 0 aliphatic heterocycles. The molecule has 1 N–H and O–H groups in total. The maximum atomic E-state index is 8.66. The normalized spacial score (nSPS) is 15.2. The summed E-state index contributed by atoms with van der Waals surface area (Å²) in [6.07, 6.45) is 2.23. The molecule has 2 atom stereocenters. The van der Waals surface area contributed by atoms with Gasteiger partial charge in [-0.1, -0.05) is 13.5 Å². The molecule has 0 heterocycles. The Labute approximate surface area is 74.0 Å². The minimum Gasteiger partial charge on any atom is -0.496 e. The van der Waals surface area contributed by atoms with E-state index in [0.717, 1.165) is 6.42 Å². The molecule has 0 aromatic rings. The maximum absolute atomic E-state index is 8.66. The summed E-state index contributed by atoms with van der Waals surface area (Å²) in [6.45, 7) is 7.85. The lowest BCUT2D eigenvalue weighted by Gasteiger charge is -2.17. The smallest absolute Gasteiger partial charge is 0.121 e. The first kappa shape index (κ1) is 11.5. The lowest BCUT2D eigenvalue weighted by molar-refractivity contribution is -0.0283. The molecule has 0 aliphatic carbocycles. The van der Waals surface area contributed by atoms with E-state index in [2.05, 4.69) is 6.58 Å². The average molecular weight is 174 g/mol. The van der Waals surface area contributed by atoms with Crippen LogP contribution in [0.3, 0.4) is 0 Å². The highest BCUT2D eigenvalue weighted by molar-refractivity contribution is 4.60. The zero-order valence-electron chi connectivity index (χ0n) is 7.82. The van der Waals surface area contributed by atoms with Gasteiger partial charge in [-0.25, -0.2) is 0 Å². The number of hydrogen-bond donors (Lipinski definition) is 1. The molecule has 0 aliphatic rings. The predicted octanol–water partition coefficient (Wildman–Crippen LogP) is 1.32. The van der Waals surface area contributed by atoms with E-state index in [1.165, 1.54) is 6.26 Å². The predicted molar refractivity (Wildman–Crippen MR) is 47.9 cm³/mol. The first-order chi connectivity index (χ1) is 5.74. The lowest BCUT2D eigenvalue weighted by Crippen LogP contribution is -2.22. The van der Waals surface area contributed by atoms with Crippen LogP contribution < -0.4 is 0 Å². The molecule has 0 aromatic carbocycles. The number of ether oxygens (including phenoxy) is 2. The number of hydrogen-bond acceptors (Lipinski definition) is 3. The first-order valence-electron chi connectivity index (χ1n) is 4.23. The molecule has 3 heteroatoms. The van der Waals surface area contributed by atoms with E-state index in [1.807, 2.05) is 13.8 Å². The van der Waals surface area contributed by atoms with Gasteiger partial charge in [0.2, 0.25) is 0 Å².